The molecular formula is C12H18BrN3O6. The van der Waals surface area contributed by atoms with E-state index in [-0.39, 0.29) is 23.6 Å². The summed E-state index contributed by atoms with van der Waals surface area (Å²) in [6.45, 7) is 1.89. The van der Waals surface area contributed by atoms with E-state index < -0.39 is 36.2 Å². The van der Waals surface area contributed by atoms with Crippen molar-refractivity contribution in [2.45, 2.75) is 37.6 Å². The summed E-state index contributed by atoms with van der Waals surface area (Å²) in [5, 5.41) is 29.9. The van der Waals surface area contributed by atoms with Crippen LogP contribution in [0.2, 0.25) is 0 Å². The van der Waals surface area contributed by atoms with Gasteiger partial charge in [-0.15, -0.1) is 0 Å². The zero-order chi connectivity index (χ0) is 16.4. The van der Waals surface area contributed by atoms with Crippen LogP contribution in [0.15, 0.2) is 15.5 Å². The number of ether oxygens (including phenoxy) is 2. The number of hydrogen-bond acceptors (Lipinski definition) is 8. The molecular weight excluding hydrogens is 362 g/mol. The molecule has 2 rings (SSSR count). The second kappa shape index (κ2) is 7.02. The Hall–Kier alpha value is -1.04. The van der Waals surface area contributed by atoms with Gasteiger partial charge in [-0.2, -0.15) is 4.98 Å². The minimum Gasteiger partial charge on any atom is -0.465 e. The maximum Gasteiger partial charge on any atom is 0.301 e. The first kappa shape index (κ1) is 17.3. The molecule has 22 heavy (non-hydrogen) atoms. The van der Waals surface area contributed by atoms with Crippen molar-refractivity contribution in [2.75, 3.05) is 13.2 Å². The first-order valence-corrected chi connectivity index (χ1v) is 7.51. The van der Waals surface area contributed by atoms with Gasteiger partial charge in [0.2, 0.25) is 0 Å². The van der Waals surface area contributed by atoms with E-state index in [0.717, 1.165) is 0 Å². The van der Waals surface area contributed by atoms with Crippen molar-refractivity contribution >= 4 is 15.9 Å². The molecule has 10 heteroatoms. The van der Waals surface area contributed by atoms with E-state index in [0.29, 0.717) is 0 Å². The lowest BCUT2D eigenvalue weighted by Crippen LogP contribution is -2.57. The van der Waals surface area contributed by atoms with Gasteiger partial charge in [-0.1, -0.05) is 0 Å². The van der Waals surface area contributed by atoms with Crippen LogP contribution in [0.1, 0.15) is 13.2 Å². The molecule has 5 N–H and O–H groups in total. The third kappa shape index (κ3) is 3.16. The lowest BCUT2D eigenvalue weighted by Gasteiger charge is -2.41. The van der Waals surface area contributed by atoms with E-state index in [2.05, 4.69) is 20.9 Å². The van der Waals surface area contributed by atoms with Crippen molar-refractivity contribution in [1.82, 2.24) is 9.55 Å². The number of nitrogens with two attached hydrogens (primary N) is 1. The molecule has 1 aromatic rings. The van der Waals surface area contributed by atoms with Crippen molar-refractivity contribution in [3.8, 4) is 6.01 Å². The summed E-state index contributed by atoms with van der Waals surface area (Å²) >= 11 is 3.05. The van der Waals surface area contributed by atoms with Gasteiger partial charge in [0.05, 0.1) is 6.61 Å². The number of nitrogens with zero attached hydrogens (tertiary/aromatic N) is 2. The average Bonchev–Trinajstić information content (AvgIpc) is 2.49. The van der Waals surface area contributed by atoms with Crippen LogP contribution in [0, 0.1) is 0 Å². The quantitative estimate of drug-likeness (QED) is 0.487. The highest BCUT2D eigenvalue weighted by atomic mass is 79.9. The fraction of sp³-hybridized carbons (Fsp3) is 0.667. The van der Waals surface area contributed by atoms with Crippen LogP contribution in [0.5, 0.6) is 6.01 Å². The molecule has 1 aromatic heterocycles. The molecule has 1 aliphatic rings. The van der Waals surface area contributed by atoms with Crippen LogP contribution >= 0.6 is 15.9 Å². The predicted molar refractivity (Wildman–Crippen MR) is 78.4 cm³/mol. The van der Waals surface area contributed by atoms with Gasteiger partial charge in [-0.05, 0) is 22.9 Å². The molecule has 9 nitrogen and oxygen atoms in total. The second-order valence-electron chi connectivity index (χ2n) is 4.79. The molecule has 1 unspecified atom stereocenters. The highest BCUT2D eigenvalue weighted by Gasteiger charge is 2.44. The summed E-state index contributed by atoms with van der Waals surface area (Å²) in [5.41, 5.74) is 4.96. The Balaban J connectivity index is 2.45. The molecule has 0 radical (unpaired) electrons. The lowest BCUT2D eigenvalue weighted by atomic mass is 9.98. The topological polar surface area (TPSA) is 140 Å². The van der Waals surface area contributed by atoms with Crippen LogP contribution in [0.4, 0.5) is 0 Å². The van der Waals surface area contributed by atoms with Crippen molar-refractivity contribution in [2.24, 2.45) is 5.73 Å². The van der Waals surface area contributed by atoms with E-state index in [1.54, 1.807) is 6.92 Å². The van der Waals surface area contributed by atoms with Gasteiger partial charge in [-0.25, -0.2) is 0 Å². The van der Waals surface area contributed by atoms with Crippen LogP contribution in [0.25, 0.3) is 0 Å². The van der Waals surface area contributed by atoms with Crippen molar-refractivity contribution < 1.29 is 24.8 Å². The molecule has 1 fully saturated rings. The molecule has 0 bridgehead atoms. The monoisotopic (exact) mass is 379 g/mol. The van der Waals surface area contributed by atoms with Crippen LogP contribution < -0.4 is 16.0 Å². The molecule has 0 spiro atoms. The van der Waals surface area contributed by atoms with Crippen LogP contribution in [0.3, 0.4) is 0 Å². The third-order valence-corrected chi connectivity index (χ3v) is 3.89. The van der Waals surface area contributed by atoms with E-state index in [9.17, 15) is 20.1 Å². The average molecular weight is 380 g/mol. The minimum atomic E-state index is -1.46. The molecule has 2 heterocycles. The molecule has 0 aliphatic carbocycles. The van der Waals surface area contributed by atoms with Gasteiger partial charge in [0, 0.05) is 12.7 Å². The summed E-state index contributed by atoms with van der Waals surface area (Å²) in [6, 6.07) is -0.0703. The van der Waals surface area contributed by atoms with E-state index >= 15 is 0 Å². The van der Waals surface area contributed by atoms with Crippen molar-refractivity contribution in [3.05, 3.63) is 21.0 Å². The van der Waals surface area contributed by atoms with E-state index in [4.69, 9.17) is 15.2 Å². The smallest absolute Gasteiger partial charge is 0.301 e. The Labute approximate surface area is 134 Å². The van der Waals surface area contributed by atoms with Crippen LogP contribution in [-0.4, -0.2) is 62.4 Å². The maximum absolute atomic E-state index is 11.6. The summed E-state index contributed by atoms with van der Waals surface area (Å²) in [6.07, 6.45) is -4.88. The van der Waals surface area contributed by atoms with E-state index in [1.807, 2.05) is 0 Å². The SMILES string of the molecule is CCOc1nc(=O)c(Br)cn1C1O[C@H](CN)[C@@H](O)[C@H](O)[C@H]1O. The van der Waals surface area contributed by atoms with E-state index in [1.165, 1.54) is 10.8 Å². The summed E-state index contributed by atoms with van der Waals surface area (Å²) in [7, 11) is 0. The first-order chi connectivity index (χ1) is 10.4. The number of aromatic nitrogens is 2. The fourth-order valence-electron chi connectivity index (χ4n) is 2.20. The van der Waals surface area contributed by atoms with Gasteiger partial charge in [0.1, 0.15) is 28.9 Å². The van der Waals surface area contributed by atoms with Gasteiger partial charge >= 0.3 is 6.01 Å². The summed E-state index contributed by atoms with van der Waals surface area (Å²) in [5.74, 6) is 0. The molecule has 1 aliphatic heterocycles. The number of hydrogen-bond donors (Lipinski definition) is 4. The zero-order valence-electron chi connectivity index (χ0n) is 11.8. The van der Waals surface area contributed by atoms with Gasteiger partial charge < -0.3 is 30.5 Å². The number of halogens is 1. The number of rotatable bonds is 4. The number of aliphatic hydroxyl groups is 3. The maximum atomic E-state index is 11.6. The zero-order valence-corrected chi connectivity index (χ0v) is 13.4. The highest BCUT2D eigenvalue weighted by Crippen LogP contribution is 2.30. The minimum absolute atomic E-state index is 0.0553. The van der Waals surface area contributed by atoms with Crippen LogP contribution in [-0.2, 0) is 4.74 Å². The number of aliphatic hydroxyl groups excluding tert-OH is 3. The fourth-order valence-corrected chi connectivity index (χ4v) is 2.51. The molecule has 0 saturated carbocycles. The molecule has 0 amide bonds. The standard InChI is InChI=1S/C12H18BrN3O6/c1-2-21-12-15-10(20)5(13)4-16(12)11-9(19)8(18)7(17)6(3-14)22-11/h4,6-9,11,17-19H,2-3,14H2,1H3/t6-,7-,8+,9-,11?/m1/s1. The highest BCUT2D eigenvalue weighted by molar-refractivity contribution is 9.10. The molecule has 1 saturated heterocycles. The normalized spacial score (nSPS) is 32.0. The lowest BCUT2D eigenvalue weighted by molar-refractivity contribution is -0.243. The Morgan fingerprint density at radius 2 is 2.09 bits per heavy atom. The van der Waals surface area contributed by atoms with Gasteiger partial charge in [0.25, 0.3) is 5.56 Å². The molecule has 5 atom stereocenters. The Bertz CT molecular complexity index is 580. The largest absolute Gasteiger partial charge is 0.465 e. The van der Waals surface area contributed by atoms with Crippen molar-refractivity contribution in [1.29, 1.82) is 0 Å². The van der Waals surface area contributed by atoms with Gasteiger partial charge in [-0.3, -0.25) is 9.36 Å². The Morgan fingerprint density at radius 1 is 1.41 bits per heavy atom. The Kier molecular flexibility index (Phi) is 5.53. The first-order valence-electron chi connectivity index (χ1n) is 6.71. The molecule has 124 valence electrons. The second-order valence-corrected chi connectivity index (χ2v) is 5.64. The van der Waals surface area contributed by atoms with Crippen molar-refractivity contribution in [3.63, 3.8) is 0 Å². The summed E-state index contributed by atoms with van der Waals surface area (Å²) in [4.78, 5) is 15.3. The predicted octanol–water partition coefficient (Wildman–Crippen LogP) is -1.66. The Morgan fingerprint density at radius 3 is 2.68 bits per heavy atom. The summed E-state index contributed by atoms with van der Waals surface area (Å²) < 4.78 is 12.2. The van der Waals surface area contributed by atoms with Gasteiger partial charge in [0.15, 0.2) is 6.23 Å². The third-order valence-electron chi connectivity index (χ3n) is 3.34. The molecule has 0 aromatic carbocycles.